The maximum atomic E-state index is 3.70. The molecule has 0 aromatic heterocycles. The SMILES string of the molecule is CC1CN(C)C(C)CC1Nc1c(Br)cc(Br)cc1Br. The van der Waals surface area contributed by atoms with E-state index in [1.165, 1.54) is 6.42 Å². The standard InChI is InChI=1S/C14H19Br3N2/c1-8-7-19(3)9(2)4-13(8)18-14-11(16)5-10(15)6-12(14)17/h5-6,8-9,13,18H,4,7H2,1-3H3. The summed E-state index contributed by atoms with van der Waals surface area (Å²) in [6, 6.07) is 5.30. The van der Waals surface area contributed by atoms with Gasteiger partial charge in [-0.15, -0.1) is 0 Å². The van der Waals surface area contributed by atoms with Crippen molar-refractivity contribution >= 4 is 53.5 Å². The van der Waals surface area contributed by atoms with Crippen LogP contribution in [0, 0.1) is 5.92 Å². The highest BCUT2D eigenvalue weighted by atomic mass is 79.9. The highest BCUT2D eigenvalue weighted by Crippen LogP contribution is 2.36. The number of hydrogen-bond acceptors (Lipinski definition) is 2. The van der Waals surface area contributed by atoms with Crippen LogP contribution in [0.4, 0.5) is 5.69 Å². The first kappa shape index (κ1) is 15.8. The molecule has 0 bridgehead atoms. The summed E-state index contributed by atoms with van der Waals surface area (Å²) in [5.41, 5.74) is 1.15. The quantitative estimate of drug-likeness (QED) is 0.667. The minimum Gasteiger partial charge on any atom is -0.380 e. The molecule has 1 aromatic carbocycles. The number of nitrogens with one attached hydrogen (secondary N) is 1. The lowest BCUT2D eigenvalue weighted by Crippen LogP contribution is -2.48. The van der Waals surface area contributed by atoms with Gasteiger partial charge in [0, 0.05) is 32.0 Å². The fourth-order valence-electron chi connectivity index (χ4n) is 2.61. The van der Waals surface area contributed by atoms with E-state index in [9.17, 15) is 0 Å². The van der Waals surface area contributed by atoms with E-state index in [-0.39, 0.29) is 0 Å². The fourth-order valence-corrected chi connectivity index (χ4v) is 5.10. The maximum absolute atomic E-state index is 3.70. The van der Waals surface area contributed by atoms with Gasteiger partial charge in [-0.1, -0.05) is 22.9 Å². The largest absolute Gasteiger partial charge is 0.380 e. The third-order valence-electron chi connectivity index (χ3n) is 3.95. The van der Waals surface area contributed by atoms with Gasteiger partial charge in [-0.2, -0.15) is 0 Å². The second-order valence-electron chi connectivity index (χ2n) is 5.50. The Bertz CT molecular complexity index is 441. The first-order valence-electron chi connectivity index (χ1n) is 6.49. The van der Waals surface area contributed by atoms with Gasteiger partial charge in [0.05, 0.1) is 5.69 Å². The normalized spacial score (nSPS) is 28.4. The van der Waals surface area contributed by atoms with E-state index in [1.54, 1.807) is 0 Å². The second-order valence-corrected chi connectivity index (χ2v) is 8.12. The lowest BCUT2D eigenvalue weighted by Gasteiger charge is -2.40. The van der Waals surface area contributed by atoms with Crippen LogP contribution in [-0.4, -0.2) is 30.6 Å². The molecule has 1 N–H and O–H groups in total. The molecule has 106 valence electrons. The van der Waals surface area contributed by atoms with Gasteiger partial charge in [-0.25, -0.2) is 0 Å². The van der Waals surface area contributed by atoms with Crippen molar-refractivity contribution in [2.24, 2.45) is 5.92 Å². The molecule has 1 aromatic rings. The van der Waals surface area contributed by atoms with Gasteiger partial charge in [0.25, 0.3) is 0 Å². The van der Waals surface area contributed by atoms with E-state index in [2.05, 4.69) is 91.0 Å². The van der Waals surface area contributed by atoms with Crippen LogP contribution in [0.15, 0.2) is 25.6 Å². The molecule has 0 spiro atoms. The summed E-state index contributed by atoms with van der Waals surface area (Å²) in [7, 11) is 2.21. The molecule has 0 aliphatic carbocycles. The van der Waals surface area contributed by atoms with Crippen LogP contribution in [0.5, 0.6) is 0 Å². The van der Waals surface area contributed by atoms with E-state index in [4.69, 9.17) is 0 Å². The number of rotatable bonds is 2. The first-order chi connectivity index (χ1) is 8.88. The zero-order valence-electron chi connectivity index (χ0n) is 11.4. The zero-order chi connectivity index (χ0) is 14.2. The smallest absolute Gasteiger partial charge is 0.0632 e. The topological polar surface area (TPSA) is 15.3 Å². The third-order valence-corrected chi connectivity index (χ3v) is 5.66. The van der Waals surface area contributed by atoms with Crippen molar-refractivity contribution in [2.75, 3.05) is 18.9 Å². The van der Waals surface area contributed by atoms with Gasteiger partial charge in [-0.3, -0.25) is 0 Å². The van der Waals surface area contributed by atoms with Crippen molar-refractivity contribution in [1.82, 2.24) is 4.90 Å². The minimum atomic E-state index is 0.514. The summed E-state index contributed by atoms with van der Waals surface area (Å²) in [5, 5.41) is 3.70. The molecule has 1 aliphatic heterocycles. The van der Waals surface area contributed by atoms with Gasteiger partial charge < -0.3 is 10.2 Å². The molecule has 19 heavy (non-hydrogen) atoms. The van der Waals surface area contributed by atoms with E-state index in [1.807, 2.05) is 0 Å². The number of likely N-dealkylation sites (tertiary alicyclic amines) is 1. The van der Waals surface area contributed by atoms with Crippen molar-refractivity contribution in [1.29, 1.82) is 0 Å². The van der Waals surface area contributed by atoms with Gasteiger partial charge in [0.1, 0.15) is 0 Å². The van der Waals surface area contributed by atoms with Gasteiger partial charge in [0.15, 0.2) is 0 Å². The zero-order valence-corrected chi connectivity index (χ0v) is 16.1. The molecule has 1 aliphatic rings. The molecule has 3 atom stereocenters. The average Bonchev–Trinajstić information content (AvgIpc) is 2.29. The van der Waals surface area contributed by atoms with Crippen LogP contribution in [-0.2, 0) is 0 Å². The van der Waals surface area contributed by atoms with E-state index in [0.717, 1.165) is 25.7 Å². The maximum Gasteiger partial charge on any atom is 0.0632 e. The van der Waals surface area contributed by atoms with Crippen LogP contribution in [0.1, 0.15) is 20.3 Å². The number of anilines is 1. The Morgan fingerprint density at radius 1 is 1.16 bits per heavy atom. The summed E-state index contributed by atoms with van der Waals surface area (Å²) >= 11 is 10.8. The van der Waals surface area contributed by atoms with Gasteiger partial charge >= 0.3 is 0 Å². The van der Waals surface area contributed by atoms with Crippen molar-refractivity contribution in [3.8, 4) is 0 Å². The Hall–Kier alpha value is 0.420. The Balaban J connectivity index is 2.17. The summed E-state index contributed by atoms with van der Waals surface area (Å²) in [5.74, 6) is 0.642. The molecule has 5 heteroatoms. The van der Waals surface area contributed by atoms with Crippen molar-refractivity contribution < 1.29 is 0 Å². The van der Waals surface area contributed by atoms with Crippen LogP contribution in [0.3, 0.4) is 0 Å². The summed E-state index contributed by atoms with van der Waals surface area (Å²) in [6.45, 7) is 5.76. The monoisotopic (exact) mass is 452 g/mol. The van der Waals surface area contributed by atoms with Gasteiger partial charge in [0.2, 0.25) is 0 Å². The molecule has 0 amide bonds. The third kappa shape index (κ3) is 3.74. The molecule has 2 nitrogen and oxygen atoms in total. The number of halogens is 3. The number of nitrogens with zero attached hydrogens (tertiary/aromatic N) is 1. The van der Waals surface area contributed by atoms with Crippen LogP contribution < -0.4 is 5.32 Å². The Labute approximate surface area is 140 Å². The Kier molecular flexibility index (Phi) is 5.37. The van der Waals surface area contributed by atoms with E-state index in [0.29, 0.717) is 18.0 Å². The lowest BCUT2D eigenvalue weighted by molar-refractivity contribution is 0.145. The van der Waals surface area contributed by atoms with Gasteiger partial charge in [-0.05, 0) is 70.3 Å². The molecular weight excluding hydrogens is 436 g/mol. The van der Waals surface area contributed by atoms with E-state index >= 15 is 0 Å². The molecule has 1 fully saturated rings. The Morgan fingerprint density at radius 2 is 1.74 bits per heavy atom. The van der Waals surface area contributed by atoms with Crippen LogP contribution in [0.25, 0.3) is 0 Å². The minimum absolute atomic E-state index is 0.514. The lowest BCUT2D eigenvalue weighted by atomic mass is 9.89. The van der Waals surface area contributed by atoms with Crippen molar-refractivity contribution in [3.05, 3.63) is 25.6 Å². The van der Waals surface area contributed by atoms with Crippen LogP contribution in [0.2, 0.25) is 0 Å². The van der Waals surface area contributed by atoms with Crippen molar-refractivity contribution in [2.45, 2.75) is 32.4 Å². The molecule has 2 rings (SSSR count). The molecule has 1 heterocycles. The van der Waals surface area contributed by atoms with E-state index < -0.39 is 0 Å². The predicted octanol–water partition coefficient (Wildman–Crippen LogP) is 5.11. The van der Waals surface area contributed by atoms with Crippen LogP contribution >= 0.6 is 47.8 Å². The molecule has 0 radical (unpaired) electrons. The second kappa shape index (κ2) is 6.46. The first-order valence-corrected chi connectivity index (χ1v) is 8.87. The highest BCUT2D eigenvalue weighted by Gasteiger charge is 2.29. The highest BCUT2D eigenvalue weighted by molar-refractivity contribution is 9.11. The summed E-state index contributed by atoms with van der Waals surface area (Å²) < 4.78 is 3.25. The molecule has 3 unspecified atom stereocenters. The van der Waals surface area contributed by atoms with Crippen molar-refractivity contribution in [3.63, 3.8) is 0 Å². The fraction of sp³-hybridized carbons (Fsp3) is 0.571. The average molecular weight is 455 g/mol. The predicted molar refractivity (Wildman–Crippen MR) is 92.8 cm³/mol. The number of piperidine rings is 1. The molecular formula is C14H19Br3N2. The summed E-state index contributed by atoms with van der Waals surface area (Å²) in [6.07, 6.45) is 1.17. The molecule has 1 saturated heterocycles. The Morgan fingerprint density at radius 3 is 2.32 bits per heavy atom. The number of hydrogen-bond donors (Lipinski definition) is 1. The molecule has 0 saturated carbocycles. The summed E-state index contributed by atoms with van der Waals surface area (Å²) in [4.78, 5) is 2.44. The number of benzene rings is 1.